The Kier molecular flexibility index (Phi) is 6.15. The van der Waals surface area contributed by atoms with E-state index in [1.54, 1.807) is 0 Å². The first-order valence-corrected chi connectivity index (χ1v) is 8.71. The van der Waals surface area contributed by atoms with Gasteiger partial charge in [0, 0.05) is 31.2 Å². The van der Waals surface area contributed by atoms with Crippen molar-refractivity contribution in [2.45, 2.75) is 90.3 Å². The van der Waals surface area contributed by atoms with E-state index in [1.165, 1.54) is 64.5 Å². The van der Waals surface area contributed by atoms with Crippen molar-refractivity contribution >= 4 is 0 Å². The summed E-state index contributed by atoms with van der Waals surface area (Å²) in [6.07, 6.45) is 11.4. The van der Waals surface area contributed by atoms with E-state index in [0.717, 1.165) is 24.0 Å². The molecule has 2 fully saturated rings. The van der Waals surface area contributed by atoms with Crippen molar-refractivity contribution < 1.29 is 0 Å². The van der Waals surface area contributed by atoms with Gasteiger partial charge in [0.25, 0.3) is 0 Å². The average Bonchev–Trinajstić information content (AvgIpc) is 2.67. The molecule has 0 radical (unpaired) electrons. The lowest BCUT2D eigenvalue weighted by Crippen LogP contribution is -2.61. The minimum absolute atomic E-state index is 0.739. The Balaban J connectivity index is 2.01. The van der Waals surface area contributed by atoms with Crippen molar-refractivity contribution in [2.24, 2.45) is 5.92 Å². The lowest BCUT2D eigenvalue weighted by atomic mass is 9.93. The minimum Gasteiger partial charge on any atom is -0.311 e. The van der Waals surface area contributed by atoms with E-state index in [9.17, 15) is 0 Å². The molecular formula is C17H34N2. The van der Waals surface area contributed by atoms with Gasteiger partial charge < -0.3 is 5.32 Å². The first-order chi connectivity index (χ1) is 9.22. The summed E-state index contributed by atoms with van der Waals surface area (Å²) < 4.78 is 0. The standard InChI is InChI=1S/C17H34N2/c1-4-9-15-13-19(17(12-18-15)14(2)3)16-10-7-5-6-8-11-16/h14-18H,4-13H2,1-3H3. The highest BCUT2D eigenvalue weighted by Gasteiger charge is 2.33. The molecule has 0 aromatic carbocycles. The van der Waals surface area contributed by atoms with Crippen molar-refractivity contribution in [3.63, 3.8) is 0 Å². The summed E-state index contributed by atoms with van der Waals surface area (Å²) in [5, 5.41) is 3.79. The molecule has 0 spiro atoms. The first-order valence-electron chi connectivity index (χ1n) is 8.71. The van der Waals surface area contributed by atoms with Crippen LogP contribution in [0.2, 0.25) is 0 Å². The van der Waals surface area contributed by atoms with Crippen molar-refractivity contribution in [3.8, 4) is 0 Å². The van der Waals surface area contributed by atoms with Crippen LogP contribution >= 0.6 is 0 Å². The molecule has 0 aromatic rings. The quantitative estimate of drug-likeness (QED) is 0.779. The van der Waals surface area contributed by atoms with Gasteiger partial charge in [0.2, 0.25) is 0 Å². The van der Waals surface area contributed by atoms with Gasteiger partial charge in [0.15, 0.2) is 0 Å². The van der Waals surface area contributed by atoms with Crippen molar-refractivity contribution in [3.05, 3.63) is 0 Å². The van der Waals surface area contributed by atoms with Crippen LogP contribution in [0.15, 0.2) is 0 Å². The van der Waals surface area contributed by atoms with Gasteiger partial charge in [0.05, 0.1) is 0 Å². The summed E-state index contributed by atoms with van der Waals surface area (Å²) in [5.41, 5.74) is 0. The maximum atomic E-state index is 3.79. The molecule has 2 nitrogen and oxygen atoms in total. The third-order valence-electron chi connectivity index (χ3n) is 5.17. The lowest BCUT2D eigenvalue weighted by Gasteiger charge is -2.46. The van der Waals surface area contributed by atoms with Crippen molar-refractivity contribution in [1.29, 1.82) is 0 Å². The van der Waals surface area contributed by atoms with Crippen molar-refractivity contribution in [2.75, 3.05) is 13.1 Å². The number of nitrogens with zero attached hydrogens (tertiary/aromatic N) is 1. The van der Waals surface area contributed by atoms with Crippen LogP contribution in [-0.2, 0) is 0 Å². The molecule has 0 aromatic heterocycles. The molecule has 1 saturated heterocycles. The van der Waals surface area contributed by atoms with Crippen LogP contribution < -0.4 is 5.32 Å². The summed E-state index contributed by atoms with van der Waals surface area (Å²) in [4.78, 5) is 2.90. The highest BCUT2D eigenvalue weighted by molar-refractivity contribution is 4.91. The van der Waals surface area contributed by atoms with Gasteiger partial charge in [-0.2, -0.15) is 0 Å². The van der Waals surface area contributed by atoms with E-state index in [4.69, 9.17) is 0 Å². The molecule has 2 unspecified atom stereocenters. The fourth-order valence-electron chi connectivity index (χ4n) is 4.03. The highest BCUT2D eigenvalue weighted by atomic mass is 15.3. The average molecular weight is 266 g/mol. The molecule has 2 heteroatoms. The number of rotatable bonds is 4. The number of piperazine rings is 1. The maximum Gasteiger partial charge on any atom is 0.0247 e. The van der Waals surface area contributed by atoms with E-state index in [0.29, 0.717) is 0 Å². The number of hydrogen-bond donors (Lipinski definition) is 1. The van der Waals surface area contributed by atoms with Crippen molar-refractivity contribution in [1.82, 2.24) is 10.2 Å². The highest BCUT2D eigenvalue weighted by Crippen LogP contribution is 2.27. The van der Waals surface area contributed by atoms with E-state index < -0.39 is 0 Å². The van der Waals surface area contributed by atoms with Crippen LogP contribution in [0, 0.1) is 5.92 Å². The Morgan fingerprint density at radius 3 is 2.37 bits per heavy atom. The molecule has 1 heterocycles. The second-order valence-electron chi connectivity index (χ2n) is 7.05. The largest absolute Gasteiger partial charge is 0.311 e. The SMILES string of the molecule is CCCC1CN(C2CCCCCC2)C(C(C)C)CN1. The molecule has 0 amide bonds. The monoisotopic (exact) mass is 266 g/mol. The van der Waals surface area contributed by atoms with Gasteiger partial charge >= 0.3 is 0 Å². The van der Waals surface area contributed by atoms with Gasteiger partial charge in [0.1, 0.15) is 0 Å². The van der Waals surface area contributed by atoms with Crippen LogP contribution in [0.3, 0.4) is 0 Å². The number of nitrogens with one attached hydrogen (secondary N) is 1. The Hall–Kier alpha value is -0.0800. The molecule has 19 heavy (non-hydrogen) atoms. The summed E-state index contributed by atoms with van der Waals surface area (Å²) in [6.45, 7) is 9.61. The molecule has 2 aliphatic rings. The molecule has 2 rings (SSSR count). The molecule has 112 valence electrons. The Bertz CT molecular complexity index is 244. The molecule has 1 aliphatic carbocycles. The van der Waals surface area contributed by atoms with Crippen LogP contribution in [0.4, 0.5) is 0 Å². The third-order valence-corrected chi connectivity index (χ3v) is 5.17. The molecule has 0 bridgehead atoms. The topological polar surface area (TPSA) is 15.3 Å². The van der Waals surface area contributed by atoms with E-state index in [-0.39, 0.29) is 0 Å². The summed E-state index contributed by atoms with van der Waals surface area (Å²) in [7, 11) is 0. The zero-order chi connectivity index (χ0) is 13.7. The molecule has 2 atom stereocenters. The lowest BCUT2D eigenvalue weighted by molar-refractivity contribution is 0.0468. The van der Waals surface area contributed by atoms with Crippen LogP contribution in [0.25, 0.3) is 0 Å². The molecule has 1 N–H and O–H groups in total. The predicted molar refractivity (Wildman–Crippen MR) is 83.5 cm³/mol. The summed E-state index contributed by atoms with van der Waals surface area (Å²) >= 11 is 0. The summed E-state index contributed by atoms with van der Waals surface area (Å²) in [5.74, 6) is 0.776. The third kappa shape index (κ3) is 4.19. The maximum absolute atomic E-state index is 3.79. The molecular weight excluding hydrogens is 232 g/mol. The van der Waals surface area contributed by atoms with Crippen LogP contribution in [0.5, 0.6) is 0 Å². The van der Waals surface area contributed by atoms with Gasteiger partial charge in [-0.3, -0.25) is 4.90 Å². The molecule has 1 aliphatic heterocycles. The first kappa shape index (κ1) is 15.3. The van der Waals surface area contributed by atoms with Crippen LogP contribution in [-0.4, -0.2) is 36.1 Å². The minimum atomic E-state index is 0.739. The Labute approximate surface area is 120 Å². The number of hydrogen-bond acceptors (Lipinski definition) is 2. The van der Waals surface area contributed by atoms with Gasteiger partial charge in [-0.1, -0.05) is 52.9 Å². The normalized spacial score (nSPS) is 31.6. The fraction of sp³-hybridized carbons (Fsp3) is 1.00. The van der Waals surface area contributed by atoms with E-state index in [2.05, 4.69) is 31.0 Å². The zero-order valence-electron chi connectivity index (χ0n) is 13.3. The predicted octanol–water partition coefficient (Wildman–Crippen LogP) is 3.81. The Morgan fingerprint density at radius 1 is 1.11 bits per heavy atom. The van der Waals surface area contributed by atoms with E-state index in [1.807, 2.05) is 0 Å². The summed E-state index contributed by atoms with van der Waals surface area (Å²) in [6, 6.07) is 2.37. The van der Waals surface area contributed by atoms with Gasteiger partial charge in [-0.25, -0.2) is 0 Å². The van der Waals surface area contributed by atoms with Gasteiger partial charge in [-0.15, -0.1) is 0 Å². The smallest absolute Gasteiger partial charge is 0.0247 e. The zero-order valence-corrected chi connectivity index (χ0v) is 13.3. The Morgan fingerprint density at radius 2 is 1.79 bits per heavy atom. The van der Waals surface area contributed by atoms with Crippen LogP contribution in [0.1, 0.15) is 72.1 Å². The second kappa shape index (κ2) is 7.64. The van der Waals surface area contributed by atoms with Gasteiger partial charge in [-0.05, 0) is 25.2 Å². The molecule has 1 saturated carbocycles. The fourth-order valence-corrected chi connectivity index (χ4v) is 4.03. The van der Waals surface area contributed by atoms with E-state index >= 15 is 0 Å². The second-order valence-corrected chi connectivity index (χ2v) is 7.05.